The van der Waals surface area contributed by atoms with Crippen molar-refractivity contribution in [3.05, 3.63) is 12.2 Å². The smallest absolute Gasteiger partial charge is 0.335 e. The first kappa shape index (κ1) is 19.8. The number of quaternary nitrogens is 1. The van der Waals surface area contributed by atoms with Gasteiger partial charge in [-0.25, -0.2) is 4.79 Å². The molecule has 0 aromatic rings. The number of aliphatic hydroxyl groups excluding tert-OH is 1. The van der Waals surface area contributed by atoms with Crippen molar-refractivity contribution in [2.45, 2.75) is 40.4 Å². The SMILES string of the molecule is C=C(C)C(=O)OC(O)CC[N+](CC)(CC)CC.[Cl-]. The average molecular weight is 280 g/mol. The molecule has 0 saturated heterocycles. The van der Waals surface area contributed by atoms with E-state index < -0.39 is 12.3 Å². The molecule has 0 spiro atoms. The van der Waals surface area contributed by atoms with E-state index in [1.54, 1.807) is 6.92 Å². The summed E-state index contributed by atoms with van der Waals surface area (Å²) in [5.41, 5.74) is 0.311. The molecule has 0 heterocycles. The van der Waals surface area contributed by atoms with Gasteiger partial charge in [-0.05, 0) is 27.7 Å². The molecule has 108 valence electrons. The molecule has 4 nitrogen and oxygen atoms in total. The lowest BCUT2D eigenvalue weighted by atomic mass is 10.2. The van der Waals surface area contributed by atoms with Crippen LogP contribution in [0.1, 0.15) is 34.1 Å². The summed E-state index contributed by atoms with van der Waals surface area (Å²) in [5.74, 6) is -0.528. The molecule has 0 aliphatic heterocycles. The van der Waals surface area contributed by atoms with Crippen LogP contribution in [0.15, 0.2) is 12.2 Å². The van der Waals surface area contributed by atoms with Crippen LogP contribution in [0.2, 0.25) is 0 Å². The number of carbonyl (C=O) groups excluding carboxylic acids is 1. The molecule has 0 fully saturated rings. The van der Waals surface area contributed by atoms with Gasteiger partial charge in [0.25, 0.3) is 0 Å². The number of halogens is 1. The summed E-state index contributed by atoms with van der Waals surface area (Å²) in [4.78, 5) is 11.2. The van der Waals surface area contributed by atoms with Gasteiger partial charge < -0.3 is 26.7 Å². The molecule has 0 aliphatic carbocycles. The molecule has 0 saturated carbocycles. The van der Waals surface area contributed by atoms with E-state index in [0.717, 1.165) is 30.7 Å². The molecular weight excluding hydrogens is 254 g/mol. The van der Waals surface area contributed by atoms with Crippen molar-refractivity contribution in [1.82, 2.24) is 0 Å². The van der Waals surface area contributed by atoms with Gasteiger partial charge in [0.2, 0.25) is 6.29 Å². The first-order valence-corrected chi connectivity index (χ1v) is 6.30. The molecular formula is C13H26ClNO3. The van der Waals surface area contributed by atoms with Crippen LogP contribution >= 0.6 is 0 Å². The van der Waals surface area contributed by atoms with Gasteiger partial charge in [0.05, 0.1) is 32.6 Å². The van der Waals surface area contributed by atoms with Crippen LogP contribution < -0.4 is 12.4 Å². The van der Waals surface area contributed by atoms with E-state index in [4.69, 9.17) is 4.74 Å². The standard InChI is InChI=1S/C13H26NO3.ClH/c1-6-14(7-2,8-3)10-9-12(15)17-13(16)11(4)5;/h12,15H,4,6-10H2,1-3,5H3;1H/q+1;/p-1. The monoisotopic (exact) mass is 279 g/mol. The number of carbonyl (C=O) groups is 1. The van der Waals surface area contributed by atoms with Crippen LogP contribution in [0.3, 0.4) is 0 Å². The Hall–Kier alpha value is -0.580. The predicted molar refractivity (Wildman–Crippen MR) is 68.3 cm³/mol. The maximum atomic E-state index is 11.2. The maximum Gasteiger partial charge on any atom is 0.335 e. The van der Waals surface area contributed by atoms with Crippen molar-refractivity contribution in [2.75, 3.05) is 26.2 Å². The zero-order valence-corrected chi connectivity index (χ0v) is 12.7. The number of rotatable bonds is 8. The van der Waals surface area contributed by atoms with Crippen LogP contribution in [-0.2, 0) is 9.53 Å². The molecule has 5 heteroatoms. The largest absolute Gasteiger partial charge is 1.00 e. The Kier molecular flexibility index (Phi) is 10.3. The number of ether oxygens (including phenoxy) is 1. The second-order valence-corrected chi connectivity index (χ2v) is 4.44. The molecule has 0 bridgehead atoms. The fourth-order valence-electron chi connectivity index (χ4n) is 1.81. The van der Waals surface area contributed by atoms with Gasteiger partial charge in [0.15, 0.2) is 0 Å². The number of hydrogen-bond donors (Lipinski definition) is 1. The Bertz CT molecular complexity index is 257. The highest BCUT2D eigenvalue weighted by Crippen LogP contribution is 2.10. The molecule has 1 atom stereocenters. The van der Waals surface area contributed by atoms with Crippen molar-refractivity contribution < 1.29 is 31.5 Å². The summed E-state index contributed by atoms with van der Waals surface area (Å²) in [6, 6.07) is 0. The lowest BCUT2D eigenvalue weighted by Crippen LogP contribution is -3.00. The zero-order chi connectivity index (χ0) is 13.5. The lowest BCUT2D eigenvalue weighted by molar-refractivity contribution is -0.924. The summed E-state index contributed by atoms with van der Waals surface area (Å²) in [6.45, 7) is 15.3. The number of nitrogens with zero attached hydrogens (tertiary/aromatic N) is 1. The average Bonchev–Trinajstić information content (AvgIpc) is 2.31. The van der Waals surface area contributed by atoms with Gasteiger partial charge in [-0.2, -0.15) is 0 Å². The summed E-state index contributed by atoms with van der Waals surface area (Å²) in [7, 11) is 0. The summed E-state index contributed by atoms with van der Waals surface area (Å²) < 4.78 is 5.78. The molecule has 0 aromatic heterocycles. The first-order valence-electron chi connectivity index (χ1n) is 6.30. The zero-order valence-electron chi connectivity index (χ0n) is 11.9. The van der Waals surface area contributed by atoms with Crippen LogP contribution in [0, 0.1) is 0 Å². The molecule has 0 rings (SSSR count). The predicted octanol–water partition coefficient (Wildman–Crippen LogP) is -1.31. The minimum atomic E-state index is -1.03. The van der Waals surface area contributed by atoms with Crippen molar-refractivity contribution in [3.63, 3.8) is 0 Å². The normalized spacial score (nSPS) is 12.5. The highest BCUT2D eigenvalue weighted by molar-refractivity contribution is 5.86. The van der Waals surface area contributed by atoms with Gasteiger partial charge >= 0.3 is 5.97 Å². The Morgan fingerprint density at radius 2 is 1.72 bits per heavy atom. The van der Waals surface area contributed by atoms with Crippen LogP contribution in [0.4, 0.5) is 0 Å². The molecule has 0 aliphatic rings. The number of hydrogen-bond acceptors (Lipinski definition) is 3. The second-order valence-electron chi connectivity index (χ2n) is 4.44. The fourth-order valence-corrected chi connectivity index (χ4v) is 1.81. The highest BCUT2D eigenvalue weighted by atomic mass is 35.5. The molecule has 0 amide bonds. The Morgan fingerprint density at radius 3 is 2.06 bits per heavy atom. The van der Waals surface area contributed by atoms with Gasteiger partial charge in [-0.3, -0.25) is 0 Å². The van der Waals surface area contributed by atoms with Gasteiger partial charge in [0.1, 0.15) is 0 Å². The third-order valence-corrected chi connectivity index (χ3v) is 3.45. The van der Waals surface area contributed by atoms with Crippen molar-refractivity contribution in [3.8, 4) is 0 Å². The van der Waals surface area contributed by atoms with E-state index >= 15 is 0 Å². The second kappa shape index (κ2) is 9.36. The minimum absolute atomic E-state index is 0. The number of esters is 1. The van der Waals surface area contributed by atoms with Crippen LogP contribution in [0.5, 0.6) is 0 Å². The minimum Gasteiger partial charge on any atom is -1.00 e. The third-order valence-electron chi connectivity index (χ3n) is 3.45. The quantitative estimate of drug-likeness (QED) is 0.260. The Balaban J connectivity index is 0. The van der Waals surface area contributed by atoms with E-state index in [1.165, 1.54) is 0 Å². The molecule has 1 N–H and O–H groups in total. The Morgan fingerprint density at radius 1 is 1.28 bits per heavy atom. The highest BCUT2D eigenvalue weighted by Gasteiger charge is 2.23. The summed E-state index contributed by atoms with van der Waals surface area (Å²) in [6.07, 6.45) is -0.560. The Labute approximate surface area is 117 Å². The van der Waals surface area contributed by atoms with Crippen LogP contribution in [0.25, 0.3) is 0 Å². The van der Waals surface area contributed by atoms with E-state index in [-0.39, 0.29) is 12.4 Å². The van der Waals surface area contributed by atoms with E-state index in [0.29, 0.717) is 12.0 Å². The van der Waals surface area contributed by atoms with Crippen molar-refractivity contribution in [2.24, 2.45) is 0 Å². The molecule has 0 radical (unpaired) electrons. The topological polar surface area (TPSA) is 46.5 Å². The summed E-state index contributed by atoms with van der Waals surface area (Å²) >= 11 is 0. The van der Waals surface area contributed by atoms with Crippen LogP contribution in [-0.4, -0.2) is 48.0 Å². The molecule has 0 aromatic carbocycles. The summed E-state index contributed by atoms with van der Waals surface area (Å²) in [5, 5.41) is 9.62. The lowest BCUT2D eigenvalue weighted by Gasteiger charge is -2.36. The van der Waals surface area contributed by atoms with Gasteiger partial charge in [0, 0.05) is 5.57 Å². The molecule has 1 unspecified atom stereocenters. The van der Waals surface area contributed by atoms with Gasteiger partial charge in [-0.1, -0.05) is 6.58 Å². The maximum absolute atomic E-state index is 11.2. The fraction of sp³-hybridized carbons (Fsp3) is 0.769. The van der Waals surface area contributed by atoms with Gasteiger partial charge in [-0.15, -0.1) is 0 Å². The van der Waals surface area contributed by atoms with E-state index in [2.05, 4.69) is 27.4 Å². The number of aliphatic hydroxyl groups is 1. The van der Waals surface area contributed by atoms with E-state index in [1.807, 2.05) is 0 Å². The first-order chi connectivity index (χ1) is 7.90. The van der Waals surface area contributed by atoms with Crippen molar-refractivity contribution >= 4 is 5.97 Å². The van der Waals surface area contributed by atoms with Crippen molar-refractivity contribution in [1.29, 1.82) is 0 Å². The van der Waals surface area contributed by atoms with E-state index in [9.17, 15) is 9.90 Å². The molecule has 18 heavy (non-hydrogen) atoms. The third kappa shape index (κ3) is 6.38.